The zero-order chi connectivity index (χ0) is 13.3. The highest BCUT2D eigenvalue weighted by molar-refractivity contribution is 5.76. The monoisotopic (exact) mass is 244 g/mol. The lowest BCUT2D eigenvalue weighted by molar-refractivity contribution is -0.122. The van der Waals surface area contributed by atoms with E-state index in [1.807, 2.05) is 0 Å². The minimum Gasteiger partial charge on any atom is -0.394 e. The fourth-order valence-electron chi connectivity index (χ4n) is 1.85. The van der Waals surface area contributed by atoms with Crippen LogP contribution in [0.3, 0.4) is 0 Å². The Morgan fingerprint density at radius 2 is 1.94 bits per heavy atom. The lowest BCUT2D eigenvalue weighted by atomic mass is 10.0. The maximum absolute atomic E-state index is 11.6. The molecule has 0 fully saturated rings. The quantitative estimate of drug-likeness (QED) is 0.572. The molecule has 0 aromatic heterocycles. The highest BCUT2D eigenvalue weighted by Gasteiger charge is 2.13. The summed E-state index contributed by atoms with van der Waals surface area (Å²) in [6.45, 7) is 6.96. The van der Waals surface area contributed by atoms with Crippen molar-refractivity contribution >= 4 is 5.91 Å². The van der Waals surface area contributed by atoms with Crippen LogP contribution >= 0.6 is 0 Å². The molecule has 2 unspecified atom stereocenters. The van der Waals surface area contributed by atoms with Gasteiger partial charge in [0.15, 0.2) is 0 Å². The highest BCUT2D eigenvalue weighted by Crippen LogP contribution is 2.10. The molecule has 4 heteroatoms. The van der Waals surface area contributed by atoms with E-state index in [-0.39, 0.29) is 18.6 Å². The van der Waals surface area contributed by atoms with E-state index in [4.69, 9.17) is 10.8 Å². The smallest absolute Gasteiger partial charge is 0.220 e. The van der Waals surface area contributed by atoms with Crippen LogP contribution in [0.15, 0.2) is 0 Å². The molecule has 0 bridgehead atoms. The Morgan fingerprint density at radius 3 is 2.41 bits per heavy atom. The summed E-state index contributed by atoms with van der Waals surface area (Å²) in [6.07, 6.45) is 3.17. The van der Waals surface area contributed by atoms with Crippen molar-refractivity contribution in [2.24, 2.45) is 17.6 Å². The molecule has 0 aliphatic heterocycles. The lowest BCUT2D eigenvalue weighted by Gasteiger charge is -2.18. The van der Waals surface area contributed by atoms with Crippen LogP contribution < -0.4 is 11.1 Å². The molecule has 4 N–H and O–H groups in total. The van der Waals surface area contributed by atoms with Crippen molar-refractivity contribution in [1.29, 1.82) is 0 Å². The second-order valence-corrected chi connectivity index (χ2v) is 5.30. The number of nitrogens with two attached hydrogens (primary N) is 1. The van der Waals surface area contributed by atoms with Gasteiger partial charge in [-0.05, 0) is 37.6 Å². The van der Waals surface area contributed by atoms with Gasteiger partial charge in [-0.25, -0.2) is 0 Å². The van der Waals surface area contributed by atoms with Gasteiger partial charge in [-0.2, -0.15) is 0 Å². The van der Waals surface area contributed by atoms with Gasteiger partial charge in [0.1, 0.15) is 0 Å². The van der Waals surface area contributed by atoms with Gasteiger partial charge in [-0.3, -0.25) is 4.79 Å². The largest absolute Gasteiger partial charge is 0.394 e. The molecule has 2 atom stereocenters. The number of rotatable bonds is 9. The SMILES string of the molecule is CC(C)CC(CO)NC(=O)CCC(C)CCN. The first-order valence-corrected chi connectivity index (χ1v) is 6.59. The second-order valence-electron chi connectivity index (χ2n) is 5.30. The fourth-order valence-corrected chi connectivity index (χ4v) is 1.85. The molecule has 0 aromatic rings. The second kappa shape index (κ2) is 9.42. The predicted molar refractivity (Wildman–Crippen MR) is 70.5 cm³/mol. The van der Waals surface area contributed by atoms with E-state index < -0.39 is 0 Å². The van der Waals surface area contributed by atoms with Crippen LogP contribution in [0.2, 0.25) is 0 Å². The number of aliphatic hydroxyl groups is 1. The van der Waals surface area contributed by atoms with E-state index in [1.54, 1.807) is 0 Å². The van der Waals surface area contributed by atoms with Crippen molar-refractivity contribution < 1.29 is 9.90 Å². The lowest BCUT2D eigenvalue weighted by Crippen LogP contribution is -2.38. The van der Waals surface area contributed by atoms with Crippen molar-refractivity contribution in [1.82, 2.24) is 5.32 Å². The molecule has 0 aliphatic carbocycles. The van der Waals surface area contributed by atoms with Gasteiger partial charge in [-0.15, -0.1) is 0 Å². The summed E-state index contributed by atoms with van der Waals surface area (Å²) in [5.41, 5.74) is 5.46. The van der Waals surface area contributed by atoms with Gasteiger partial charge in [0.25, 0.3) is 0 Å². The van der Waals surface area contributed by atoms with Crippen molar-refractivity contribution in [2.75, 3.05) is 13.2 Å². The maximum Gasteiger partial charge on any atom is 0.220 e. The summed E-state index contributed by atoms with van der Waals surface area (Å²) in [4.78, 5) is 11.6. The molecular formula is C13H28N2O2. The zero-order valence-corrected chi connectivity index (χ0v) is 11.4. The number of hydrogen-bond acceptors (Lipinski definition) is 3. The minimum atomic E-state index is -0.104. The molecule has 0 spiro atoms. The topological polar surface area (TPSA) is 75.3 Å². The standard InChI is InChI=1S/C13H28N2O2/c1-10(2)8-12(9-16)15-13(17)5-4-11(3)6-7-14/h10-12,16H,4-9,14H2,1-3H3,(H,15,17). The van der Waals surface area contributed by atoms with E-state index >= 15 is 0 Å². The number of carbonyl (C=O) groups excluding carboxylic acids is 1. The average molecular weight is 244 g/mol. The molecular weight excluding hydrogens is 216 g/mol. The Balaban J connectivity index is 3.82. The summed E-state index contributed by atoms with van der Waals surface area (Å²) in [7, 11) is 0. The Morgan fingerprint density at radius 1 is 1.29 bits per heavy atom. The first kappa shape index (κ1) is 16.4. The first-order chi connectivity index (χ1) is 7.99. The molecule has 0 heterocycles. The van der Waals surface area contributed by atoms with Gasteiger partial charge in [0.05, 0.1) is 12.6 Å². The normalized spacial score (nSPS) is 14.7. The van der Waals surface area contributed by atoms with Crippen molar-refractivity contribution in [3.8, 4) is 0 Å². The molecule has 0 radical (unpaired) electrons. The molecule has 0 saturated heterocycles. The van der Waals surface area contributed by atoms with Crippen LogP contribution in [0, 0.1) is 11.8 Å². The van der Waals surface area contributed by atoms with E-state index in [9.17, 15) is 4.79 Å². The van der Waals surface area contributed by atoms with Gasteiger partial charge >= 0.3 is 0 Å². The first-order valence-electron chi connectivity index (χ1n) is 6.59. The van der Waals surface area contributed by atoms with E-state index in [1.165, 1.54) is 0 Å². The summed E-state index contributed by atoms with van der Waals surface area (Å²) in [5, 5.41) is 12.0. The van der Waals surface area contributed by atoms with E-state index in [0.717, 1.165) is 19.3 Å². The predicted octanol–water partition coefficient (Wildman–Crippen LogP) is 1.27. The Hall–Kier alpha value is -0.610. The average Bonchev–Trinajstić information content (AvgIpc) is 2.25. The number of amides is 1. The van der Waals surface area contributed by atoms with Gasteiger partial charge in [0, 0.05) is 6.42 Å². The van der Waals surface area contributed by atoms with Crippen LogP contribution in [0.5, 0.6) is 0 Å². The summed E-state index contributed by atoms with van der Waals surface area (Å²) in [6, 6.07) is -0.104. The Kier molecular flexibility index (Phi) is 9.09. The van der Waals surface area contributed by atoms with Crippen LogP contribution in [0.4, 0.5) is 0 Å². The van der Waals surface area contributed by atoms with Crippen molar-refractivity contribution in [2.45, 2.75) is 52.5 Å². The molecule has 0 saturated carbocycles. The Bertz CT molecular complexity index is 208. The fraction of sp³-hybridized carbons (Fsp3) is 0.923. The number of nitrogens with one attached hydrogen (secondary N) is 1. The Labute approximate surface area is 105 Å². The molecule has 0 aliphatic rings. The van der Waals surface area contributed by atoms with Crippen molar-refractivity contribution in [3.05, 3.63) is 0 Å². The van der Waals surface area contributed by atoms with E-state index in [0.29, 0.717) is 24.8 Å². The van der Waals surface area contributed by atoms with E-state index in [2.05, 4.69) is 26.1 Å². The third-order valence-electron chi connectivity index (χ3n) is 2.87. The summed E-state index contributed by atoms with van der Waals surface area (Å²) < 4.78 is 0. The van der Waals surface area contributed by atoms with Crippen molar-refractivity contribution in [3.63, 3.8) is 0 Å². The zero-order valence-electron chi connectivity index (χ0n) is 11.4. The summed E-state index contributed by atoms with van der Waals surface area (Å²) >= 11 is 0. The third kappa shape index (κ3) is 9.12. The van der Waals surface area contributed by atoms with Crippen LogP contribution in [-0.2, 0) is 4.79 Å². The maximum atomic E-state index is 11.6. The van der Waals surface area contributed by atoms with Gasteiger partial charge in [-0.1, -0.05) is 20.8 Å². The number of aliphatic hydroxyl groups excluding tert-OH is 1. The molecule has 1 amide bonds. The molecule has 17 heavy (non-hydrogen) atoms. The van der Waals surface area contributed by atoms with Gasteiger partial charge in [0.2, 0.25) is 5.91 Å². The number of carbonyl (C=O) groups is 1. The van der Waals surface area contributed by atoms with Crippen LogP contribution in [-0.4, -0.2) is 30.2 Å². The van der Waals surface area contributed by atoms with Gasteiger partial charge < -0.3 is 16.2 Å². The highest BCUT2D eigenvalue weighted by atomic mass is 16.3. The van der Waals surface area contributed by atoms with Crippen LogP contribution in [0.1, 0.15) is 46.5 Å². The minimum absolute atomic E-state index is 0.0161. The number of hydrogen-bond donors (Lipinski definition) is 3. The van der Waals surface area contributed by atoms with Crippen LogP contribution in [0.25, 0.3) is 0 Å². The summed E-state index contributed by atoms with van der Waals surface area (Å²) in [5.74, 6) is 1.00. The molecule has 102 valence electrons. The third-order valence-corrected chi connectivity index (χ3v) is 2.87. The molecule has 0 aromatic carbocycles. The molecule has 0 rings (SSSR count). The molecule has 4 nitrogen and oxygen atoms in total.